The average Bonchev–Trinajstić information content (AvgIpc) is 2.78. The molecule has 0 saturated heterocycles. The van der Waals surface area contributed by atoms with Crippen molar-refractivity contribution in [2.24, 2.45) is 0 Å². The predicted octanol–water partition coefficient (Wildman–Crippen LogP) is 1.98. The van der Waals surface area contributed by atoms with Crippen molar-refractivity contribution >= 4 is 5.91 Å². The molecule has 0 saturated carbocycles. The van der Waals surface area contributed by atoms with Crippen LogP contribution in [0.4, 0.5) is 0 Å². The van der Waals surface area contributed by atoms with E-state index in [2.05, 4.69) is 16.9 Å². The fourth-order valence-electron chi connectivity index (χ4n) is 1.80. The van der Waals surface area contributed by atoms with E-state index >= 15 is 0 Å². The third-order valence-corrected chi connectivity index (χ3v) is 2.65. The number of nitrogens with one attached hydrogen (secondary N) is 1. The first-order chi connectivity index (χ1) is 8.72. The quantitative estimate of drug-likeness (QED) is 0.832. The van der Waals surface area contributed by atoms with Gasteiger partial charge in [-0.05, 0) is 25.1 Å². The molecule has 1 amide bonds. The second kappa shape index (κ2) is 5.31. The molecule has 0 aliphatic rings. The van der Waals surface area contributed by atoms with Crippen LogP contribution in [0.15, 0.2) is 49.2 Å². The maximum absolute atomic E-state index is 11.2. The van der Waals surface area contributed by atoms with Crippen molar-refractivity contribution in [3.63, 3.8) is 0 Å². The van der Waals surface area contributed by atoms with Crippen LogP contribution in [0.5, 0.6) is 0 Å². The fraction of sp³-hybridized carbons (Fsp3) is 0.143. The van der Waals surface area contributed by atoms with Crippen molar-refractivity contribution in [2.45, 2.75) is 13.5 Å². The average molecular weight is 241 g/mol. The molecular weight excluding hydrogens is 226 g/mol. The maximum atomic E-state index is 11.2. The van der Waals surface area contributed by atoms with Gasteiger partial charge in [0.05, 0.1) is 18.4 Å². The predicted molar refractivity (Wildman–Crippen MR) is 70.3 cm³/mol. The second-order valence-electron chi connectivity index (χ2n) is 3.89. The number of carbonyl (C=O) groups is 1. The first kappa shape index (κ1) is 12.1. The Kier molecular flexibility index (Phi) is 3.57. The molecule has 1 aromatic carbocycles. The van der Waals surface area contributed by atoms with Gasteiger partial charge in [0.2, 0.25) is 5.91 Å². The third kappa shape index (κ3) is 2.48. The molecular formula is C14H15N3O. The van der Waals surface area contributed by atoms with Crippen LogP contribution in [0.3, 0.4) is 0 Å². The van der Waals surface area contributed by atoms with Crippen molar-refractivity contribution in [2.75, 3.05) is 0 Å². The van der Waals surface area contributed by atoms with Gasteiger partial charge < -0.3 is 5.32 Å². The highest BCUT2D eigenvalue weighted by Crippen LogP contribution is 2.14. The Morgan fingerprint density at radius 2 is 2.17 bits per heavy atom. The molecule has 18 heavy (non-hydrogen) atoms. The SMILES string of the molecule is C=CC(=O)NCc1cnc(C)n1-c1ccccc1. The van der Waals surface area contributed by atoms with Crippen LogP contribution in [-0.2, 0) is 11.3 Å². The van der Waals surface area contributed by atoms with Gasteiger partial charge in [-0.3, -0.25) is 9.36 Å². The third-order valence-electron chi connectivity index (χ3n) is 2.65. The van der Waals surface area contributed by atoms with Crippen LogP contribution in [0, 0.1) is 6.92 Å². The molecule has 1 heterocycles. The van der Waals surface area contributed by atoms with Crippen molar-refractivity contribution < 1.29 is 4.79 Å². The molecule has 4 heteroatoms. The summed E-state index contributed by atoms with van der Waals surface area (Å²) < 4.78 is 2.02. The molecule has 92 valence electrons. The summed E-state index contributed by atoms with van der Waals surface area (Å²) in [4.78, 5) is 15.5. The van der Waals surface area contributed by atoms with E-state index in [0.717, 1.165) is 17.2 Å². The normalized spacial score (nSPS) is 10.1. The van der Waals surface area contributed by atoms with E-state index in [9.17, 15) is 4.79 Å². The van der Waals surface area contributed by atoms with Crippen LogP contribution >= 0.6 is 0 Å². The number of imidazole rings is 1. The topological polar surface area (TPSA) is 46.9 Å². The van der Waals surface area contributed by atoms with Crippen molar-refractivity contribution in [1.82, 2.24) is 14.9 Å². The van der Waals surface area contributed by atoms with Crippen LogP contribution in [0.1, 0.15) is 11.5 Å². The molecule has 1 N–H and O–H groups in total. The summed E-state index contributed by atoms with van der Waals surface area (Å²) in [6.45, 7) is 5.79. The van der Waals surface area contributed by atoms with Gasteiger partial charge in [-0.15, -0.1) is 0 Å². The number of benzene rings is 1. The molecule has 2 rings (SSSR count). The van der Waals surface area contributed by atoms with Crippen LogP contribution in [0.2, 0.25) is 0 Å². The monoisotopic (exact) mass is 241 g/mol. The molecule has 0 bridgehead atoms. The molecule has 0 radical (unpaired) electrons. The zero-order chi connectivity index (χ0) is 13.0. The highest BCUT2D eigenvalue weighted by molar-refractivity contribution is 5.86. The Bertz CT molecular complexity index is 558. The lowest BCUT2D eigenvalue weighted by atomic mass is 10.3. The summed E-state index contributed by atoms with van der Waals surface area (Å²) in [5.41, 5.74) is 1.98. The minimum atomic E-state index is -0.187. The Balaban J connectivity index is 2.28. The van der Waals surface area contributed by atoms with Crippen molar-refractivity contribution in [1.29, 1.82) is 0 Å². The number of rotatable bonds is 4. The fourth-order valence-corrected chi connectivity index (χ4v) is 1.80. The summed E-state index contributed by atoms with van der Waals surface area (Å²) in [5, 5.41) is 2.75. The lowest BCUT2D eigenvalue weighted by Crippen LogP contribution is -2.21. The molecule has 0 unspecified atom stereocenters. The van der Waals surface area contributed by atoms with Gasteiger partial charge in [-0.2, -0.15) is 0 Å². The Labute approximate surface area is 106 Å². The molecule has 0 aliphatic carbocycles. The summed E-state index contributed by atoms with van der Waals surface area (Å²) in [6.07, 6.45) is 3.03. The number of carbonyl (C=O) groups excluding carboxylic acids is 1. The van der Waals surface area contributed by atoms with E-state index in [-0.39, 0.29) is 5.91 Å². The number of amides is 1. The van der Waals surface area contributed by atoms with Crippen LogP contribution < -0.4 is 5.32 Å². The Morgan fingerprint density at radius 3 is 2.83 bits per heavy atom. The highest BCUT2D eigenvalue weighted by atomic mass is 16.1. The van der Waals surface area contributed by atoms with E-state index in [1.165, 1.54) is 6.08 Å². The Hall–Kier alpha value is -2.36. The van der Waals surface area contributed by atoms with E-state index in [1.54, 1.807) is 6.20 Å². The van der Waals surface area contributed by atoms with Crippen molar-refractivity contribution in [3.8, 4) is 5.69 Å². The zero-order valence-corrected chi connectivity index (χ0v) is 10.3. The Morgan fingerprint density at radius 1 is 1.44 bits per heavy atom. The minimum absolute atomic E-state index is 0.187. The summed E-state index contributed by atoms with van der Waals surface area (Å²) in [5.74, 6) is 0.706. The largest absolute Gasteiger partial charge is 0.347 e. The summed E-state index contributed by atoms with van der Waals surface area (Å²) >= 11 is 0. The lowest BCUT2D eigenvalue weighted by molar-refractivity contribution is -0.116. The molecule has 0 atom stereocenters. The lowest BCUT2D eigenvalue weighted by Gasteiger charge is -2.10. The van der Waals surface area contributed by atoms with E-state index < -0.39 is 0 Å². The number of aryl methyl sites for hydroxylation is 1. The van der Waals surface area contributed by atoms with Gasteiger partial charge in [-0.1, -0.05) is 24.8 Å². The molecule has 4 nitrogen and oxygen atoms in total. The van der Waals surface area contributed by atoms with E-state index in [4.69, 9.17) is 0 Å². The molecule has 0 spiro atoms. The maximum Gasteiger partial charge on any atom is 0.243 e. The van der Waals surface area contributed by atoms with Gasteiger partial charge >= 0.3 is 0 Å². The molecule has 0 fully saturated rings. The smallest absolute Gasteiger partial charge is 0.243 e. The van der Waals surface area contributed by atoms with Gasteiger partial charge in [0, 0.05) is 5.69 Å². The number of aromatic nitrogens is 2. The number of para-hydroxylation sites is 1. The summed E-state index contributed by atoms with van der Waals surface area (Å²) in [6, 6.07) is 9.93. The number of nitrogens with zero attached hydrogens (tertiary/aromatic N) is 2. The number of hydrogen-bond donors (Lipinski definition) is 1. The summed E-state index contributed by atoms with van der Waals surface area (Å²) in [7, 11) is 0. The zero-order valence-electron chi connectivity index (χ0n) is 10.3. The van der Waals surface area contributed by atoms with E-state index in [1.807, 2.05) is 41.8 Å². The van der Waals surface area contributed by atoms with Gasteiger partial charge in [0.25, 0.3) is 0 Å². The van der Waals surface area contributed by atoms with E-state index in [0.29, 0.717) is 6.54 Å². The van der Waals surface area contributed by atoms with Gasteiger partial charge in [-0.25, -0.2) is 4.98 Å². The first-order valence-electron chi connectivity index (χ1n) is 5.71. The van der Waals surface area contributed by atoms with Crippen molar-refractivity contribution in [3.05, 3.63) is 60.7 Å². The van der Waals surface area contributed by atoms with Crippen LogP contribution in [0.25, 0.3) is 5.69 Å². The number of hydrogen-bond acceptors (Lipinski definition) is 2. The minimum Gasteiger partial charge on any atom is -0.347 e. The highest BCUT2D eigenvalue weighted by Gasteiger charge is 2.08. The molecule has 2 aromatic rings. The van der Waals surface area contributed by atoms with Crippen LogP contribution in [-0.4, -0.2) is 15.5 Å². The standard InChI is InChI=1S/C14H15N3O/c1-3-14(18)16-10-13-9-15-11(2)17(13)12-7-5-4-6-8-12/h3-9H,1,10H2,2H3,(H,16,18). The second-order valence-corrected chi connectivity index (χ2v) is 3.89. The first-order valence-corrected chi connectivity index (χ1v) is 5.71. The van der Waals surface area contributed by atoms with Gasteiger partial charge in [0.1, 0.15) is 5.82 Å². The molecule has 0 aliphatic heterocycles. The molecule has 1 aromatic heterocycles. The van der Waals surface area contributed by atoms with Gasteiger partial charge in [0.15, 0.2) is 0 Å².